The Morgan fingerprint density at radius 2 is 2.11 bits per heavy atom. The highest BCUT2D eigenvalue weighted by molar-refractivity contribution is 5.99. The number of halogens is 2. The molecule has 5 heteroatoms. The van der Waals surface area contributed by atoms with Crippen LogP contribution in [0.5, 0.6) is 0 Å². The molecule has 0 atom stereocenters. The summed E-state index contributed by atoms with van der Waals surface area (Å²) in [5.41, 5.74) is -0.298. The molecule has 0 radical (unpaired) electrons. The van der Waals surface area contributed by atoms with E-state index in [1.54, 1.807) is 7.05 Å². The van der Waals surface area contributed by atoms with Crippen LogP contribution in [0.1, 0.15) is 12.8 Å². The lowest BCUT2D eigenvalue weighted by atomic mass is 10.1. The molecule has 1 N–H and O–H groups in total. The quantitative estimate of drug-likeness (QED) is 0.890. The lowest BCUT2D eigenvalue weighted by Crippen LogP contribution is -2.39. The van der Waals surface area contributed by atoms with E-state index in [9.17, 15) is 13.6 Å². The fourth-order valence-electron chi connectivity index (χ4n) is 2.17. The number of hydrogen-bond acceptors (Lipinski definition) is 2. The van der Waals surface area contributed by atoms with Gasteiger partial charge in [0, 0.05) is 19.7 Å². The van der Waals surface area contributed by atoms with Crippen molar-refractivity contribution >= 4 is 11.6 Å². The summed E-state index contributed by atoms with van der Waals surface area (Å²) >= 11 is 0. The lowest BCUT2D eigenvalue weighted by molar-refractivity contribution is -0.123. The van der Waals surface area contributed by atoms with Gasteiger partial charge in [0.05, 0.1) is 11.1 Å². The average Bonchev–Trinajstić information content (AvgIpc) is 3.09. The van der Waals surface area contributed by atoms with Crippen LogP contribution in [-0.4, -0.2) is 26.5 Å². The topological polar surface area (TPSA) is 32.3 Å². The molecular formula is C13H16F2N2O. The van der Waals surface area contributed by atoms with Crippen molar-refractivity contribution in [3.8, 4) is 0 Å². The van der Waals surface area contributed by atoms with Crippen LogP contribution in [0, 0.1) is 17.0 Å². The molecule has 1 aromatic rings. The molecule has 2 rings (SSSR count). The van der Waals surface area contributed by atoms with Gasteiger partial charge in [0.25, 0.3) is 0 Å². The number of nitrogens with one attached hydrogen (secondary N) is 1. The van der Waals surface area contributed by atoms with Crippen LogP contribution in [-0.2, 0) is 4.79 Å². The third-order valence-corrected chi connectivity index (χ3v) is 3.40. The highest BCUT2D eigenvalue weighted by atomic mass is 19.1. The van der Waals surface area contributed by atoms with E-state index in [4.69, 9.17) is 0 Å². The van der Waals surface area contributed by atoms with Crippen molar-refractivity contribution in [3.63, 3.8) is 0 Å². The van der Waals surface area contributed by atoms with Gasteiger partial charge >= 0.3 is 0 Å². The van der Waals surface area contributed by atoms with Gasteiger partial charge in [0.2, 0.25) is 5.91 Å². The first-order valence-electron chi connectivity index (χ1n) is 5.88. The van der Waals surface area contributed by atoms with Crippen LogP contribution >= 0.6 is 0 Å². The van der Waals surface area contributed by atoms with Crippen LogP contribution in [0.2, 0.25) is 0 Å². The van der Waals surface area contributed by atoms with Gasteiger partial charge in [-0.15, -0.1) is 0 Å². The van der Waals surface area contributed by atoms with E-state index in [1.807, 2.05) is 0 Å². The van der Waals surface area contributed by atoms with Crippen molar-refractivity contribution in [1.29, 1.82) is 0 Å². The second-order valence-electron chi connectivity index (χ2n) is 4.77. The fourth-order valence-corrected chi connectivity index (χ4v) is 2.17. The number of rotatable bonds is 4. The number of carbonyl (C=O) groups excluding carboxylic acids is 1. The molecular weight excluding hydrogens is 238 g/mol. The molecule has 0 spiro atoms. The molecule has 1 aliphatic rings. The predicted molar refractivity (Wildman–Crippen MR) is 65.4 cm³/mol. The highest BCUT2D eigenvalue weighted by Crippen LogP contribution is 2.47. The van der Waals surface area contributed by atoms with E-state index < -0.39 is 17.0 Å². The van der Waals surface area contributed by atoms with Crippen LogP contribution in [0.4, 0.5) is 14.5 Å². The van der Waals surface area contributed by atoms with Gasteiger partial charge < -0.3 is 10.2 Å². The molecule has 18 heavy (non-hydrogen) atoms. The molecule has 0 bridgehead atoms. The smallest absolute Gasteiger partial charge is 0.234 e. The largest absolute Gasteiger partial charge is 0.319 e. The molecule has 98 valence electrons. The molecule has 1 amide bonds. The summed E-state index contributed by atoms with van der Waals surface area (Å²) in [6.45, 7) is 0.582. The average molecular weight is 254 g/mol. The summed E-state index contributed by atoms with van der Waals surface area (Å²) in [5, 5.41) is 2.98. The summed E-state index contributed by atoms with van der Waals surface area (Å²) in [4.78, 5) is 13.6. The Kier molecular flexibility index (Phi) is 3.34. The fraction of sp³-hybridized carbons (Fsp3) is 0.462. The number of benzene rings is 1. The maximum Gasteiger partial charge on any atom is 0.234 e. The molecule has 3 nitrogen and oxygen atoms in total. The first-order chi connectivity index (χ1) is 8.50. The summed E-state index contributed by atoms with van der Waals surface area (Å²) in [6.07, 6.45) is 1.61. The predicted octanol–water partition coefficient (Wildman–Crippen LogP) is 1.93. The molecule has 0 aromatic heterocycles. The van der Waals surface area contributed by atoms with E-state index in [0.29, 0.717) is 6.54 Å². The minimum atomic E-state index is -0.717. The normalized spacial score (nSPS) is 16.4. The van der Waals surface area contributed by atoms with E-state index in [-0.39, 0.29) is 11.6 Å². The monoisotopic (exact) mass is 254 g/mol. The van der Waals surface area contributed by atoms with Crippen molar-refractivity contribution < 1.29 is 13.6 Å². The molecule has 0 aliphatic heterocycles. The van der Waals surface area contributed by atoms with Crippen molar-refractivity contribution in [1.82, 2.24) is 5.32 Å². The Morgan fingerprint density at radius 3 is 2.61 bits per heavy atom. The Morgan fingerprint density at radius 1 is 1.44 bits per heavy atom. The lowest BCUT2D eigenvalue weighted by Gasteiger charge is -2.23. The molecule has 0 unspecified atom stereocenters. The van der Waals surface area contributed by atoms with Gasteiger partial charge in [-0.25, -0.2) is 8.78 Å². The number of carbonyl (C=O) groups is 1. The van der Waals surface area contributed by atoms with Crippen LogP contribution in [0.15, 0.2) is 18.2 Å². The number of nitrogens with zero attached hydrogens (tertiary/aromatic N) is 1. The Balaban J connectivity index is 2.21. The molecule has 0 heterocycles. The standard InChI is InChI=1S/C13H16F2N2O/c1-16-8-13(5-6-13)12(18)17(2)11-4-3-9(14)7-10(11)15/h3-4,7,16H,5-6,8H2,1-2H3. The third-order valence-electron chi connectivity index (χ3n) is 3.40. The minimum Gasteiger partial charge on any atom is -0.319 e. The third kappa shape index (κ3) is 2.22. The maximum atomic E-state index is 13.6. The van der Waals surface area contributed by atoms with Gasteiger partial charge in [-0.05, 0) is 32.0 Å². The van der Waals surface area contributed by atoms with Gasteiger partial charge in [-0.1, -0.05) is 0 Å². The summed E-state index contributed by atoms with van der Waals surface area (Å²) in [7, 11) is 3.31. The van der Waals surface area contributed by atoms with E-state index >= 15 is 0 Å². The number of anilines is 1. The zero-order valence-corrected chi connectivity index (χ0v) is 10.5. The van der Waals surface area contributed by atoms with Crippen molar-refractivity contribution in [3.05, 3.63) is 29.8 Å². The van der Waals surface area contributed by atoms with Crippen molar-refractivity contribution in [2.45, 2.75) is 12.8 Å². The second kappa shape index (κ2) is 4.65. The Hall–Kier alpha value is -1.49. The molecule has 1 fully saturated rings. The molecule has 0 saturated heterocycles. The first-order valence-corrected chi connectivity index (χ1v) is 5.88. The zero-order chi connectivity index (χ0) is 13.3. The van der Waals surface area contributed by atoms with E-state index in [0.717, 1.165) is 25.0 Å². The second-order valence-corrected chi connectivity index (χ2v) is 4.77. The van der Waals surface area contributed by atoms with Crippen LogP contribution < -0.4 is 10.2 Å². The van der Waals surface area contributed by atoms with Crippen LogP contribution in [0.25, 0.3) is 0 Å². The summed E-state index contributed by atoms with van der Waals surface area (Å²) in [6, 6.07) is 3.23. The molecule has 1 aliphatic carbocycles. The maximum absolute atomic E-state index is 13.6. The van der Waals surface area contributed by atoms with Gasteiger partial charge in [0.1, 0.15) is 11.6 Å². The van der Waals surface area contributed by atoms with Gasteiger partial charge in [-0.3, -0.25) is 4.79 Å². The molecule has 1 saturated carbocycles. The van der Waals surface area contributed by atoms with Gasteiger partial charge in [0.15, 0.2) is 0 Å². The van der Waals surface area contributed by atoms with Crippen molar-refractivity contribution in [2.75, 3.05) is 25.5 Å². The Labute approximate surface area is 105 Å². The molecule has 1 aromatic carbocycles. The van der Waals surface area contributed by atoms with E-state index in [2.05, 4.69) is 5.32 Å². The van der Waals surface area contributed by atoms with Crippen LogP contribution in [0.3, 0.4) is 0 Å². The number of amides is 1. The first kappa shape index (κ1) is 13.0. The summed E-state index contributed by atoms with van der Waals surface area (Å²) < 4.78 is 26.4. The minimum absolute atomic E-state index is 0.115. The number of hydrogen-bond donors (Lipinski definition) is 1. The van der Waals surface area contributed by atoms with Crippen molar-refractivity contribution in [2.24, 2.45) is 5.41 Å². The Bertz CT molecular complexity index is 472. The SMILES string of the molecule is CNCC1(C(=O)N(C)c2ccc(F)cc2F)CC1. The van der Waals surface area contributed by atoms with E-state index in [1.165, 1.54) is 18.0 Å². The van der Waals surface area contributed by atoms with Gasteiger partial charge in [-0.2, -0.15) is 0 Å². The summed E-state index contributed by atoms with van der Waals surface area (Å²) in [5.74, 6) is -1.48. The zero-order valence-electron chi connectivity index (χ0n) is 10.5. The highest BCUT2D eigenvalue weighted by Gasteiger charge is 2.50.